The third-order valence-electron chi connectivity index (χ3n) is 3.10. The van der Waals surface area contributed by atoms with Crippen LogP contribution in [-0.2, 0) is 4.74 Å². The fraction of sp³-hybridized carbons (Fsp3) is 0.417. The van der Waals surface area contributed by atoms with E-state index in [0.29, 0.717) is 25.4 Å². The van der Waals surface area contributed by atoms with Gasteiger partial charge in [-0.05, 0) is 19.1 Å². The van der Waals surface area contributed by atoms with Crippen LogP contribution in [0.15, 0.2) is 18.2 Å². The van der Waals surface area contributed by atoms with E-state index in [1.165, 1.54) is 18.2 Å². The molecule has 0 saturated carbocycles. The number of rotatable bonds is 3. The first-order chi connectivity index (χ1) is 9.00. The molecule has 1 saturated heterocycles. The number of nitro groups is 1. The Kier molecular flexibility index (Phi) is 3.66. The lowest BCUT2D eigenvalue weighted by atomic mass is 10.1. The van der Waals surface area contributed by atoms with E-state index in [0.717, 1.165) is 0 Å². The Hall–Kier alpha value is -2.15. The van der Waals surface area contributed by atoms with Crippen LogP contribution >= 0.6 is 0 Å². The van der Waals surface area contributed by atoms with Gasteiger partial charge >= 0.3 is 5.97 Å². The van der Waals surface area contributed by atoms with Crippen LogP contribution in [0.4, 0.5) is 11.4 Å². The van der Waals surface area contributed by atoms with Crippen LogP contribution in [0.1, 0.15) is 17.3 Å². The maximum absolute atomic E-state index is 11.1. The molecular weight excluding hydrogens is 252 g/mol. The van der Waals surface area contributed by atoms with Crippen molar-refractivity contribution in [2.24, 2.45) is 0 Å². The highest BCUT2D eigenvalue weighted by Crippen LogP contribution is 2.31. The molecule has 1 fully saturated rings. The Morgan fingerprint density at radius 2 is 2.32 bits per heavy atom. The Labute approximate surface area is 109 Å². The van der Waals surface area contributed by atoms with E-state index in [4.69, 9.17) is 9.84 Å². The van der Waals surface area contributed by atoms with Gasteiger partial charge in [-0.3, -0.25) is 10.1 Å². The van der Waals surface area contributed by atoms with Crippen LogP contribution in [0.3, 0.4) is 0 Å². The molecule has 0 bridgehead atoms. The van der Waals surface area contributed by atoms with Crippen molar-refractivity contribution < 1.29 is 19.6 Å². The number of benzene rings is 1. The van der Waals surface area contributed by atoms with Gasteiger partial charge in [-0.15, -0.1) is 0 Å². The van der Waals surface area contributed by atoms with Crippen LogP contribution in [0, 0.1) is 10.1 Å². The zero-order valence-electron chi connectivity index (χ0n) is 10.4. The predicted octanol–water partition coefficient (Wildman–Crippen LogP) is 1.52. The maximum atomic E-state index is 11.1. The molecule has 0 spiro atoms. The first kappa shape index (κ1) is 13.3. The van der Waals surface area contributed by atoms with E-state index < -0.39 is 10.9 Å². The van der Waals surface area contributed by atoms with Gasteiger partial charge < -0.3 is 14.7 Å². The van der Waals surface area contributed by atoms with Crippen LogP contribution in [0.25, 0.3) is 0 Å². The fourth-order valence-corrected chi connectivity index (χ4v) is 2.13. The molecule has 0 radical (unpaired) electrons. The van der Waals surface area contributed by atoms with E-state index in [1.807, 2.05) is 11.8 Å². The van der Waals surface area contributed by atoms with Crippen molar-refractivity contribution in [2.75, 3.05) is 24.7 Å². The van der Waals surface area contributed by atoms with Crippen molar-refractivity contribution >= 4 is 17.3 Å². The highest BCUT2D eigenvalue weighted by molar-refractivity contribution is 5.90. The van der Waals surface area contributed by atoms with Gasteiger partial charge in [0, 0.05) is 18.7 Å². The lowest BCUT2D eigenvalue weighted by Gasteiger charge is -2.34. The monoisotopic (exact) mass is 266 g/mol. The number of ether oxygens (including phenoxy) is 1. The molecule has 1 heterocycles. The number of morpholine rings is 1. The number of carbonyl (C=O) groups is 1. The number of carboxylic acids is 1. The maximum Gasteiger partial charge on any atom is 0.335 e. The minimum absolute atomic E-state index is 0.0310. The van der Waals surface area contributed by atoms with Gasteiger partial charge in [-0.2, -0.15) is 0 Å². The predicted molar refractivity (Wildman–Crippen MR) is 67.7 cm³/mol. The first-order valence-electron chi connectivity index (χ1n) is 5.87. The average Bonchev–Trinajstić information content (AvgIpc) is 2.38. The Balaban J connectivity index is 2.47. The number of nitrogens with zero attached hydrogens (tertiary/aromatic N) is 2. The van der Waals surface area contributed by atoms with E-state index >= 15 is 0 Å². The molecule has 7 nitrogen and oxygen atoms in total. The third kappa shape index (κ3) is 2.65. The van der Waals surface area contributed by atoms with Gasteiger partial charge in [-0.1, -0.05) is 0 Å². The van der Waals surface area contributed by atoms with Gasteiger partial charge in [0.25, 0.3) is 5.69 Å². The van der Waals surface area contributed by atoms with Gasteiger partial charge in [0.2, 0.25) is 0 Å². The second-order valence-electron chi connectivity index (χ2n) is 4.38. The molecule has 1 aromatic carbocycles. The molecule has 0 amide bonds. The zero-order valence-corrected chi connectivity index (χ0v) is 10.4. The third-order valence-corrected chi connectivity index (χ3v) is 3.10. The molecule has 1 aliphatic heterocycles. The summed E-state index contributed by atoms with van der Waals surface area (Å²) in [6.07, 6.45) is 0. The average molecular weight is 266 g/mol. The summed E-state index contributed by atoms with van der Waals surface area (Å²) in [5.74, 6) is -1.10. The molecule has 1 aliphatic rings. The summed E-state index contributed by atoms with van der Waals surface area (Å²) < 4.78 is 5.28. The van der Waals surface area contributed by atoms with Crippen molar-refractivity contribution in [1.82, 2.24) is 0 Å². The summed E-state index contributed by atoms with van der Waals surface area (Å²) >= 11 is 0. The second-order valence-corrected chi connectivity index (χ2v) is 4.38. The quantitative estimate of drug-likeness (QED) is 0.658. The van der Waals surface area contributed by atoms with Crippen molar-refractivity contribution in [3.8, 4) is 0 Å². The fourth-order valence-electron chi connectivity index (χ4n) is 2.13. The molecular formula is C12H14N2O5. The molecule has 7 heteroatoms. The molecule has 1 N–H and O–H groups in total. The van der Waals surface area contributed by atoms with E-state index in [-0.39, 0.29) is 17.3 Å². The zero-order chi connectivity index (χ0) is 14.0. The normalized spacial score (nSPS) is 19.2. The lowest BCUT2D eigenvalue weighted by Crippen LogP contribution is -2.44. The Bertz CT molecular complexity index is 517. The lowest BCUT2D eigenvalue weighted by molar-refractivity contribution is -0.384. The highest BCUT2D eigenvalue weighted by atomic mass is 16.6. The summed E-state index contributed by atoms with van der Waals surface area (Å²) in [7, 11) is 0. The molecule has 1 atom stereocenters. The smallest absolute Gasteiger partial charge is 0.335 e. The van der Waals surface area contributed by atoms with Gasteiger partial charge in [0.1, 0.15) is 5.69 Å². The van der Waals surface area contributed by atoms with Crippen LogP contribution < -0.4 is 4.90 Å². The van der Waals surface area contributed by atoms with Gasteiger partial charge in [0.05, 0.1) is 23.7 Å². The van der Waals surface area contributed by atoms with Crippen LogP contribution in [0.5, 0.6) is 0 Å². The van der Waals surface area contributed by atoms with Crippen molar-refractivity contribution in [3.63, 3.8) is 0 Å². The molecule has 2 rings (SSSR count). The Morgan fingerprint density at radius 1 is 1.58 bits per heavy atom. The Morgan fingerprint density at radius 3 is 2.89 bits per heavy atom. The minimum Gasteiger partial charge on any atom is -0.478 e. The number of carboxylic acid groups (broad SMARTS) is 1. The molecule has 1 aromatic rings. The highest BCUT2D eigenvalue weighted by Gasteiger charge is 2.27. The topological polar surface area (TPSA) is 92.9 Å². The molecule has 19 heavy (non-hydrogen) atoms. The van der Waals surface area contributed by atoms with Crippen LogP contribution in [-0.4, -0.2) is 41.8 Å². The molecule has 102 valence electrons. The number of nitro benzene ring substituents is 1. The molecule has 1 unspecified atom stereocenters. The minimum atomic E-state index is -1.10. The summed E-state index contributed by atoms with van der Waals surface area (Å²) in [4.78, 5) is 23.4. The largest absolute Gasteiger partial charge is 0.478 e. The SMILES string of the molecule is CC1COCCN1c1cc(C(=O)O)ccc1[N+](=O)[O-]. The summed E-state index contributed by atoms with van der Waals surface area (Å²) in [6, 6.07) is 3.80. The van der Waals surface area contributed by atoms with Gasteiger partial charge in [0.15, 0.2) is 0 Å². The van der Waals surface area contributed by atoms with Gasteiger partial charge in [-0.25, -0.2) is 4.79 Å². The number of anilines is 1. The van der Waals surface area contributed by atoms with E-state index in [1.54, 1.807) is 0 Å². The van der Waals surface area contributed by atoms with Crippen molar-refractivity contribution in [2.45, 2.75) is 13.0 Å². The molecule has 0 aromatic heterocycles. The van der Waals surface area contributed by atoms with Crippen molar-refractivity contribution in [3.05, 3.63) is 33.9 Å². The van der Waals surface area contributed by atoms with E-state index in [9.17, 15) is 14.9 Å². The summed E-state index contributed by atoms with van der Waals surface area (Å²) in [5.41, 5.74) is 0.291. The number of hydrogen-bond donors (Lipinski definition) is 1. The van der Waals surface area contributed by atoms with E-state index in [2.05, 4.69) is 0 Å². The summed E-state index contributed by atoms with van der Waals surface area (Å²) in [6.45, 7) is 3.33. The number of aromatic carboxylic acids is 1. The van der Waals surface area contributed by atoms with Crippen molar-refractivity contribution in [1.29, 1.82) is 0 Å². The standard InChI is InChI=1S/C12H14N2O5/c1-8-7-19-5-4-13(8)11-6-9(12(15)16)2-3-10(11)14(17)18/h2-3,6,8H,4-5,7H2,1H3,(H,15,16). The molecule has 0 aliphatic carbocycles. The van der Waals surface area contributed by atoms with Crippen LogP contribution in [0.2, 0.25) is 0 Å². The number of hydrogen-bond acceptors (Lipinski definition) is 5. The second kappa shape index (κ2) is 5.23. The first-order valence-corrected chi connectivity index (χ1v) is 5.87. The summed E-state index contributed by atoms with van der Waals surface area (Å²) in [5, 5.41) is 20.0.